The molecule has 0 aliphatic heterocycles. The molecule has 1 saturated carbocycles. The summed E-state index contributed by atoms with van der Waals surface area (Å²) in [5.41, 5.74) is 10.1. The predicted octanol–water partition coefficient (Wildman–Crippen LogP) is 4.40. The lowest BCUT2D eigenvalue weighted by atomic mass is 9.92. The molecule has 2 N–H and O–H groups in total. The number of hydrogen-bond donors (Lipinski definition) is 1. The predicted molar refractivity (Wildman–Crippen MR) is 115 cm³/mol. The number of rotatable bonds is 8. The van der Waals surface area contributed by atoms with Crippen LogP contribution in [0.4, 0.5) is 0 Å². The van der Waals surface area contributed by atoms with Crippen LogP contribution in [0.1, 0.15) is 48.5 Å². The van der Waals surface area contributed by atoms with Gasteiger partial charge in [-0.05, 0) is 55.9 Å². The first-order valence-corrected chi connectivity index (χ1v) is 11.0. The molecule has 4 rings (SSSR count). The summed E-state index contributed by atoms with van der Waals surface area (Å²) < 4.78 is 13.4. The Labute approximate surface area is 174 Å². The Morgan fingerprint density at radius 3 is 2.79 bits per heavy atom. The minimum atomic E-state index is -0.396. The summed E-state index contributed by atoms with van der Waals surface area (Å²) in [7, 11) is 1.72. The van der Waals surface area contributed by atoms with Crippen LogP contribution in [-0.2, 0) is 9.47 Å². The van der Waals surface area contributed by atoms with Gasteiger partial charge in [-0.1, -0.05) is 0 Å². The van der Waals surface area contributed by atoms with Crippen molar-refractivity contribution in [2.24, 2.45) is 5.73 Å². The highest BCUT2D eigenvalue weighted by molar-refractivity contribution is 7.13. The Hall–Kier alpha value is -2.22. The molecular weight excluding hydrogens is 386 g/mol. The molecule has 1 aromatic carbocycles. The summed E-state index contributed by atoms with van der Waals surface area (Å²) in [5, 5.41) is 0.920. The lowest BCUT2D eigenvalue weighted by molar-refractivity contribution is 0.0107. The van der Waals surface area contributed by atoms with E-state index < -0.39 is 5.91 Å². The van der Waals surface area contributed by atoms with Crippen molar-refractivity contribution in [3.05, 3.63) is 41.7 Å². The van der Waals surface area contributed by atoms with E-state index in [0.717, 1.165) is 66.7 Å². The molecule has 2 aromatic heterocycles. The SMILES string of the molecule is COCCCOC1CCC(n2ccc3c(C(N)=O)cc(-c4cncs4)cc32)CC1. The molecule has 0 bridgehead atoms. The number of benzene rings is 1. The maximum absolute atomic E-state index is 12.1. The number of aromatic nitrogens is 2. The third-order valence-electron chi connectivity index (χ3n) is 5.70. The summed E-state index contributed by atoms with van der Waals surface area (Å²) in [6, 6.07) is 6.46. The Kier molecular flexibility index (Phi) is 6.28. The Bertz CT molecular complexity index is 959. The first-order valence-electron chi connectivity index (χ1n) is 10.1. The van der Waals surface area contributed by atoms with E-state index in [1.54, 1.807) is 24.0 Å². The van der Waals surface area contributed by atoms with Crippen LogP contribution in [0.2, 0.25) is 0 Å². The zero-order valence-corrected chi connectivity index (χ0v) is 17.5. The minimum Gasteiger partial charge on any atom is -0.385 e. The topological polar surface area (TPSA) is 79.4 Å². The van der Waals surface area contributed by atoms with Crippen molar-refractivity contribution in [1.82, 2.24) is 9.55 Å². The fraction of sp³-hybridized carbons (Fsp3) is 0.455. The van der Waals surface area contributed by atoms with Gasteiger partial charge in [0.05, 0.1) is 16.5 Å². The number of carbonyl (C=O) groups is 1. The van der Waals surface area contributed by atoms with E-state index in [4.69, 9.17) is 15.2 Å². The van der Waals surface area contributed by atoms with Crippen LogP contribution in [0.5, 0.6) is 0 Å². The summed E-state index contributed by atoms with van der Waals surface area (Å²) >= 11 is 1.56. The first-order chi connectivity index (χ1) is 14.2. The molecule has 1 amide bonds. The van der Waals surface area contributed by atoms with Gasteiger partial charge in [-0.15, -0.1) is 11.3 Å². The van der Waals surface area contributed by atoms with E-state index in [9.17, 15) is 4.79 Å². The molecule has 2 heterocycles. The lowest BCUT2D eigenvalue weighted by Crippen LogP contribution is -2.24. The summed E-state index contributed by atoms with van der Waals surface area (Å²) in [4.78, 5) is 17.3. The van der Waals surface area contributed by atoms with Crippen molar-refractivity contribution in [3.8, 4) is 10.4 Å². The second kappa shape index (κ2) is 9.07. The Balaban J connectivity index is 1.55. The van der Waals surface area contributed by atoms with Crippen molar-refractivity contribution in [3.63, 3.8) is 0 Å². The zero-order valence-electron chi connectivity index (χ0n) is 16.7. The molecule has 0 atom stereocenters. The van der Waals surface area contributed by atoms with Gasteiger partial charge >= 0.3 is 0 Å². The van der Waals surface area contributed by atoms with Gasteiger partial charge in [0.15, 0.2) is 0 Å². The quantitative estimate of drug-likeness (QED) is 0.555. The average molecular weight is 414 g/mol. The van der Waals surface area contributed by atoms with Gasteiger partial charge in [-0.2, -0.15) is 0 Å². The minimum absolute atomic E-state index is 0.332. The number of fused-ring (bicyclic) bond motifs is 1. The highest BCUT2D eigenvalue weighted by Gasteiger charge is 2.24. The Morgan fingerprint density at radius 1 is 1.28 bits per heavy atom. The average Bonchev–Trinajstić information content (AvgIpc) is 3.41. The molecule has 29 heavy (non-hydrogen) atoms. The summed E-state index contributed by atoms with van der Waals surface area (Å²) in [5.74, 6) is -0.396. The molecule has 0 saturated heterocycles. The second-order valence-corrected chi connectivity index (χ2v) is 8.44. The van der Waals surface area contributed by atoms with Crippen molar-refractivity contribution in [2.45, 2.75) is 44.2 Å². The summed E-state index contributed by atoms with van der Waals surface area (Å²) in [6.07, 6.45) is 9.43. The monoisotopic (exact) mass is 413 g/mol. The molecule has 0 unspecified atom stereocenters. The van der Waals surface area contributed by atoms with Crippen LogP contribution in [0.3, 0.4) is 0 Å². The highest BCUT2D eigenvalue weighted by atomic mass is 32.1. The summed E-state index contributed by atoms with van der Waals surface area (Å²) in [6.45, 7) is 1.50. The highest BCUT2D eigenvalue weighted by Crippen LogP contribution is 2.36. The fourth-order valence-electron chi connectivity index (χ4n) is 4.23. The molecule has 7 heteroatoms. The number of primary amides is 1. The lowest BCUT2D eigenvalue weighted by Gasteiger charge is -2.30. The molecule has 6 nitrogen and oxygen atoms in total. The van der Waals surface area contributed by atoms with E-state index in [-0.39, 0.29) is 0 Å². The van der Waals surface area contributed by atoms with Crippen LogP contribution in [-0.4, -0.2) is 41.9 Å². The number of carbonyl (C=O) groups excluding carboxylic acids is 1. The fourth-order valence-corrected chi connectivity index (χ4v) is 4.84. The maximum Gasteiger partial charge on any atom is 0.249 e. The zero-order chi connectivity index (χ0) is 20.2. The van der Waals surface area contributed by atoms with Crippen LogP contribution >= 0.6 is 11.3 Å². The molecule has 1 aliphatic rings. The van der Waals surface area contributed by atoms with Crippen molar-refractivity contribution in [1.29, 1.82) is 0 Å². The number of amides is 1. The number of methoxy groups -OCH3 is 1. The van der Waals surface area contributed by atoms with Gasteiger partial charge in [0, 0.05) is 55.2 Å². The van der Waals surface area contributed by atoms with Gasteiger partial charge < -0.3 is 19.8 Å². The molecule has 1 fully saturated rings. The van der Waals surface area contributed by atoms with Gasteiger partial charge in [0.1, 0.15) is 0 Å². The molecule has 3 aromatic rings. The van der Waals surface area contributed by atoms with Gasteiger partial charge in [0.25, 0.3) is 0 Å². The van der Waals surface area contributed by atoms with Crippen molar-refractivity contribution >= 4 is 28.1 Å². The number of nitrogens with zero attached hydrogens (tertiary/aromatic N) is 2. The van der Waals surface area contributed by atoms with E-state index >= 15 is 0 Å². The molecule has 154 valence electrons. The van der Waals surface area contributed by atoms with E-state index in [0.29, 0.717) is 17.7 Å². The van der Waals surface area contributed by atoms with Gasteiger partial charge in [0.2, 0.25) is 5.91 Å². The van der Waals surface area contributed by atoms with Gasteiger partial charge in [-0.25, -0.2) is 0 Å². The van der Waals surface area contributed by atoms with Crippen molar-refractivity contribution in [2.75, 3.05) is 20.3 Å². The van der Waals surface area contributed by atoms with E-state index in [1.165, 1.54) is 0 Å². The third kappa shape index (κ3) is 4.37. The van der Waals surface area contributed by atoms with Crippen LogP contribution in [0.15, 0.2) is 36.1 Å². The number of thiazole rings is 1. The number of hydrogen-bond acceptors (Lipinski definition) is 5. The maximum atomic E-state index is 12.1. The van der Waals surface area contributed by atoms with E-state index in [2.05, 4.69) is 21.8 Å². The van der Waals surface area contributed by atoms with Crippen LogP contribution < -0.4 is 5.73 Å². The van der Waals surface area contributed by atoms with Crippen LogP contribution in [0, 0.1) is 0 Å². The molecule has 0 spiro atoms. The molecule has 1 aliphatic carbocycles. The number of ether oxygens (including phenoxy) is 2. The smallest absolute Gasteiger partial charge is 0.249 e. The standard InChI is InChI=1S/C22H27N3O3S/c1-27-9-2-10-28-17-5-3-16(4-6-17)25-8-7-18-19(22(23)26)11-15(12-20(18)25)21-13-24-14-29-21/h7-8,11-14,16-17H,2-6,9-10H2,1H3,(H2,23,26). The molecular formula is C22H27N3O3S. The van der Waals surface area contributed by atoms with E-state index in [1.807, 2.05) is 18.3 Å². The van der Waals surface area contributed by atoms with Gasteiger partial charge in [-0.3, -0.25) is 9.78 Å². The first kappa shape index (κ1) is 20.1. The number of nitrogens with two attached hydrogens (primary N) is 1. The second-order valence-electron chi connectivity index (χ2n) is 7.56. The van der Waals surface area contributed by atoms with Crippen LogP contribution in [0.25, 0.3) is 21.3 Å². The normalized spacial score (nSPS) is 19.6. The Morgan fingerprint density at radius 2 is 2.10 bits per heavy atom. The third-order valence-corrected chi connectivity index (χ3v) is 6.53. The largest absolute Gasteiger partial charge is 0.385 e. The molecule has 0 radical (unpaired) electrons. The van der Waals surface area contributed by atoms with Crippen molar-refractivity contribution < 1.29 is 14.3 Å².